The zero-order chi connectivity index (χ0) is 25.6. The second-order valence-electron chi connectivity index (χ2n) is 11.0. The van der Waals surface area contributed by atoms with E-state index in [1.165, 1.54) is 36.3 Å². The van der Waals surface area contributed by atoms with E-state index in [4.69, 9.17) is 18.9 Å². The van der Waals surface area contributed by atoms with Crippen LogP contribution >= 0.6 is 0 Å². The van der Waals surface area contributed by atoms with Crippen molar-refractivity contribution in [2.24, 2.45) is 5.41 Å². The van der Waals surface area contributed by atoms with E-state index in [1.54, 1.807) is 21.0 Å². The van der Waals surface area contributed by atoms with E-state index in [9.17, 15) is 9.59 Å². The zero-order valence-corrected chi connectivity index (χ0v) is 22.0. The van der Waals surface area contributed by atoms with Crippen molar-refractivity contribution in [3.8, 4) is 0 Å². The van der Waals surface area contributed by atoms with Crippen LogP contribution in [0.3, 0.4) is 0 Å². The summed E-state index contributed by atoms with van der Waals surface area (Å²) in [5.41, 5.74) is 1.61. The molecule has 0 bridgehead atoms. The molecule has 2 aliphatic heterocycles. The molecule has 35 heavy (non-hydrogen) atoms. The van der Waals surface area contributed by atoms with Crippen LogP contribution in [0.25, 0.3) is 0 Å². The molecular weight excluding hydrogens is 448 g/mol. The lowest BCUT2D eigenvalue weighted by molar-refractivity contribution is -0.187. The fourth-order valence-corrected chi connectivity index (χ4v) is 4.71. The summed E-state index contributed by atoms with van der Waals surface area (Å²) in [6.07, 6.45) is 13.8. The second-order valence-corrected chi connectivity index (χ2v) is 11.0. The van der Waals surface area contributed by atoms with Gasteiger partial charge >= 0.3 is 6.09 Å². The molecular formula is C27H42N2O6. The van der Waals surface area contributed by atoms with Gasteiger partial charge in [0.15, 0.2) is 6.29 Å². The highest BCUT2D eigenvalue weighted by Gasteiger charge is 2.51. The highest BCUT2D eigenvalue weighted by Crippen LogP contribution is 2.58. The molecule has 8 heteroatoms. The van der Waals surface area contributed by atoms with Crippen molar-refractivity contribution in [3.05, 3.63) is 36.0 Å². The van der Waals surface area contributed by atoms with Gasteiger partial charge in [-0.15, -0.1) is 0 Å². The van der Waals surface area contributed by atoms with Gasteiger partial charge in [-0.1, -0.05) is 23.8 Å². The minimum Gasteiger partial charge on any atom is -0.442 e. The molecule has 2 heterocycles. The fourth-order valence-electron chi connectivity index (χ4n) is 4.71. The SMILES string of the molecule is CC(/C=C/[C@@H]1CC2(CC2)CC(C)(C)O1)=C\CC1OCC(NC(=O)/C=C\[C@H](C)OC(=O)N(C)C)CO1. The molecule has 8 nitrogen and oxygen atoms in total. The molecule has 1 aliphatic carbocycles. The topological polar surface area (TPSA) is 86.3 Å². The number of amides is 2. The fraction of sp³-hybridized carbons (Fsp3) is 0.704. The molecule has 196 valence electrons. The van der Waals surface area contributed by atoms with Crippen molar-refractivity contribution >= 4 is 12.0 Å². The first-order valence-corrected chi connectivity index (χ1v) is 12.6. The van der Waals surface area contributed by atoms with Crippen molar-refractivity contribution in [2.75, 3.05) is 27.3 Å². The average molecular weight is 491 g/mol. The first-order chi connectivity index (χ1) is 16.5. The molecule has 0 aromatic rings. The summed E-state index contributed by atoms with van der Waals surface area (Å²) < 4.78 is 23.0. The Morgan fingerprint density at radius 1 is 1.17 bits per heavy atom. The summed E-state index contributed by atoms with van der Waals surface area (Å²) >= 11 is 0. The lowest BCUT2D eigenvalue weighted by Crippen LogP contribution is -2.46. The van der Waals surface area contributed by atoms with Crippen molar-refractivity contribution in [3.63, 3.8) is 0 Å². The summed E-state index contributed by atoms with van der Waals surface area (Å²) in [4.78, 5) is 25.0. The summed E-state index contributed by atoms with van der Waals surface area (Å²) in [6, 6.07) is -0.227. The van der Waals surface area contributed by atoms with Crippen LogP contribution in [-0.4, -0.2) is 74.4 Å². The smallest absolute Gasteiger partial charge is 0.409 e. The molecule has 3 fully saturated rings. The maximum atomic E-state index is 12.1. The van der Waals surface area contributed by atoms with Crippen molar-refractivity contribution in [2.45, 2.75) is 89.9 Å². The Morgan fingerprint density at radius 2 is 1.86 bits per heavy atom. The van der Waals surface area contributed by atoms with E-state index in [0.717, 1.165) is 12.0 Å². The van der Waals surface area contributed by atoms with Crippen LogP contribution in [0.1, 0.15) is 59.8 Å². The lowest BCUT2D eigenvalue weighted by atomic mass is 9.82. The quantitative estimate of drug-likeness (QED) is 0.407. The van der Waals surface area contributed by atoms with Crippen LogP contribution in [0.15, 0.2) is 36.0 Å². The van der Waals surface area contributed by atoms with Gasteiger partial charge < -0.3 is 29.2 Å². The van der Waals surface area contributed by atoms with E-state index >= 15 is 0 Å². The van der Waals surface area contributed by atoms with Gasteiger partial charge in [-0.05, 0) is 64.9 Å². The number of carbonyl (C=O) groups excluding carboxylic acids is 2. The van der Waals surface area contributed by atoms with Crippen molar-refractivity contribution < 1.29 is 28.5 Å². The third-order valence-corrected chi connectivity index (χ3v) is 6.55. The number of allylic oxidation sites excluding steroid dienone is 2. The van der Waals surface area contributed by atoms with Gasteiger partial charge in [-0.25, -0.2) is 4.79 Å². The molecule has 1 N–H and O–H groups in total. The van der Waals surface area contributed by atoms with E-state index in [2.05, 4.69) is 44.3 Å². The number of hydrogen-bond donors (Lipinski definition) is 1. The standard InChI is InChI=1S/C27H42N2O6/c1-19(7-10-22-15-27(13-14-27)18-26(3,4)35-22)8-12-24-32-16-21(17-33-24)28-23(30)11-9-20(2)34-25(31)29(5)6/h7-11,20-22,24H,12-18H2,1-6H3,(H,28,30)/b10-7+,11-9-,19-8+/t20-,21?,22+,24?/m0/s1. The van der Waals surface area contributed by atoms with E-state index in [-0.39, 0.29) is 29.9 Å². The molecule has 3 aliphatic rings. The molecule has 3 rings (SSSR count). The van der Waals surface area contributed by atoms with Gasteiger partial charge in [0.05, 0.1) is 31.0 Å². The molecule has 2 saturated heterocycles. The number of nitrogens with one attached hydrogen (secondary N) is 1. The number of carbonyl (C=O) groups is 2. The van der Waals surface area contributed by atoms with E-state index in [1.807, 2.05) is 0 Å². The van der Waals surface area contributed by atoms with Gasteiger partial charge in [-0.3, -0.25) is 4.79 Å². The van der Waals surface area contributed by atoms with Crippen LogP contribution in [0.5, 0.6) is 0 Å². The molecule has 0 aromatic heterocycles. The van der Waals surface area contributed by atoms with Gasteiger partial charge in [-0.2, -0.15) is 0 Å². The first kappa shape index (κ1) is 27.4. The van der Waals surface area contributed by atoms with Gasteiger partial charge in [0.2, 0.25) is 5.91 Å². The first-order valence-electron chi connectivity index (χ1n) is 12.6. The maximum Gasteiger partial charge on any atom is 0.409 e. The minimum atomic E-state index is -0.506. The molecule has 1 spiro atoms. The maximum absolute atomic E-state index is 12.1. The Balaban J connectivity index is 1.35. The van der Waals surface area contributed by atoms with Crippen LogP contribution in [-0.2, 0) is 23.7 Å². The van der Waals surface area contributed by atoms with Gasteiger partial charge in [0.25, 0.3) is 0 Å². The van der Waals surface area contributed by atoms with E-state index in [0.29, 0.717) is 25.0 Å². The second kappa shape index (κ2) is 11.7. The third kappa shape index (κ3) is 9.09. The summed E-state index contributed by atoms with van der Waals surface area (Å²) in [6.45, 7) is 8.93. The zero-order valence-electron chi connectivity index (χ0n) is 22.0. The highest BCUT2D eigenvalue weighted by atomic mass is 16.7. The van der Waals surface area contributed by atoms with Crippen LogP contribution in [0.2, 0.25) is 0 Å². The Labute approximate surface area is 209 Å². The van der Waals surface area contributed by atoms with Gasteiger partial charge in [0.1, 0.15) is 6.10 Å². The van der Waals surface area contributed by atoms with Crippen molar-refractivity contribution in [1.82, 2.24) is 10.2 Å². The molecule has 1 saturated carbocycles. The monoisotopic (exact) mass is 490 g/mol. The van der Waals surface area contributed by atoms with Crippen LogP contribution in [0, 0.1) is 5.41 Å². The Bertz CT molecular complexity index is 829. The van der Waals surface area contributed by atoms with Crippen LogP contribution < -0.4 is 5.32 Å². The number of ether oxygens (including phenoxy) is 4. The Kier molecular flexibility index (Phi) is 9.18. The predicted molar refractivity (Wildman–Crippen MR) is 134 cm³/mol. The average Bonchev–Trinajstić information content (AvgIpc) is 3.51. The third-order valence-electron chi connectivity index (χ3n) is 6.55. The predicted octanol–water partition coefficient (Wildman–Crippen LogP) is 4.12. The molecule has 2 amide bonds. The molecule has 0 aromatic carbocycles. The summed E-state index contributed by atoms with van der Waals surface area (Å²) in [7, 11) is 3.21. The Morgan fingerprint density at radius 3 is 2.49 bits per heavy atom. The number of hydrogen-bond acceptors (Lipinski definition) is 6. The normalized spacial score (nSPS) is 28.7. The summed E-state index contributed by atoms with van der Waals surface area (Å²) in [5, 5.41) is 2.84. The largest absolute Gasteiger partial charge is 0.442 e. The lowest BCUT2D eigenvalue weighted by Gasteiger charge is -2.40. The van der Waals surface area contributed by atoms with Gasteiger partial charge in [0, 0.05) is 26.6 Å². The molecule has 0 radical (unpaired) electrons. The van der Waals surface area contributed by atoms with Crippen molar-refractivity contribution in [1.29, 1.82) is 0 Å². The van der Waals surface area contributed by atoms with E-state index < -0.39 is 12.2 Å². The number of rotatable bonds is 8. The minimum absolute atomic E-state index is 0.0515. The van der Waals surface area contributed by atoms with Crippen LogP contribution in [0.4, 0.5) is 4.79 Å². The highest BCUT2D eigenvalue weighted by molar-refractivity contribution is 5.87. The molecule has 0 unspecified atom stereocenters. The summed E-state index contributed by atoms with van der Waals surface area (Å²) in [5.74, 6) is -0.282. The number of nitrogens with zero attached hydrogens (tertiary/aromatic N) is 1. The Hall–Kier alpha value is -2.16. The molecule has 2 atom stereocenters.